The van der Waals surface area contributed by atoms with E-state index in [4.69, 9.17) is 16.3 Å². The van der Waals surface area contributed by atoms with Gasteiger partial charge in [0.25, 0.3) is 0 Å². The third-order valence-electron chi connectivity index (χ3n) is 7.93. The smallest absolute Gasteiger partial charge is 0.249 e. The molecule has 236 valence electrons. The number of hydrogen-bond acceptors (Lipinski definition) is 8. The van der Waals surface area contributed by atoms with Crippen LogP contribution in [0, 0.1) is 6.92 Å². The fourth-order valence-electron chi connectivity index (χ4n) is 5.49. The number of carbonyl (C=O) groups is 1. The van der Waals surface area contributed by atoms with Gasteiger partial charge in [0, 0.05) is 36.6 Å². The molecule has 2 aromatic carbocycles. The van der Waals surface area contributed by atoms with E-state index in [0.717, 1.165) is 22.2 Å². The zero-order chi connectivity index (χ0) is 32.4. The van der Waals surface area contributed by atoms with E-state index in [2.05, 4.69) is 25.6 Å². The van der Waals surface area contributed by atoms with Gasteiger partial charge in [0.15, 0.2) is 0 Å². The van der Waals surface area contributed by atoms with Crippen LogP contribution in [0.25, 0.3) is 16.6 Å². The molecule has 0 spiro atoms. The molecule has 1 amide bonds. The van der Waals surface area contributed by atoms with Crippen molar-refractivity contribution in [3.8, 4) is 5.88 Å². The number of fused-ring (bicyclic) bond motifs is 2. The van der Waals surface area contributed by atoms with Crippen LogP contribution in [0.3, 0.4) is 0 Å². The third-order valence-corrected chi connectivity index (χ3v) is 10.1. The van der Waals surface area contributed by atoms with Crippen LogP contribution < -0.4 is 10.1 Å². The Hall–Kier alpha value is -4.65. The highest BCUT2D eigenvalue weighted by Crippen LogP contribution is 2.35. The van der Waals surface area contributed by atoms with Crippen molar-refractivity contribution in [1.82, 2.24) is 29.3 Å². The molecule has 0 fully saturated rings. The van der Waals surface area contributed by atoms with Gasteiger partial charge in [-0.2, -0.15) is 4.31 Å². The molecule has 11 nitrogen and oxygen atoms in total. The summed E-state index contributed by atoms with van der Waals surface area (Å²) in [6, 6.07) is 15.8. The Morgan fingerprint density at radius 3 is 2.72 bits per heavy atom. The lowest BCUT2D eigenvalue weighted by Crippen LogP contribution is -2.36. The number of ether oxygens (including phenoxy) is 1. The van der Waals surface area contributed by atoms with Gasteiger partial charge in [-0.3, -0.25) is 9.78 Å². The molecule has 0 radical (unpaired) electrons. The lowest BCUT2D eigenvalue weighted by atomic mass is 9.92. The number of rotatable bonds is 8. The van der Waals surface area contributed by atoms with Gasteiger partial charge in [0.1, 0.15) is 16.5 Å². The highest BCUT2D eigenvalue weighted by atomic mass is 35.5. The van der Waals surface area contributed by atoms with E-state index in [9.17, 15) is 13.2 Å². The molecule has 46 heavy (non-hydrogen) atoms. The van der Waals surface area contributed by atoms with Gasteiger partial charge in [-0.1, -0.05) is 35.9 Å². The minimum atomic E-state index is -3.96. The third kappa shape index (κ3) is 6.11. The average molecular weight is 658 g/mol. The van der Waals surface area contributed by atoms with Crippen molar-refractivity contribution in [2.24, 2.45) is 0 Å². The van der Waals surface area contributed by atoms with E-state index in [-0.39, 0.29) is 29.8 Å². The largest absolute Gasteiger partial charge is 0.472 e. The van der Waals surface area contributed by atoms with Crippen LogP contribution >= 0.6 is 11.6 Å². The molecule has 5 aromatic rings. The van der Waals surface area contributed by atoms with Crippen molar-refractivity contribution in [1.29, 1.82) is 0 Å². The highest BCUT2D eigenvalue weighted by Gasteiger charge is 2.35. The van der Waals surface area contributed by atoms with Gasteiger partial charge >= 0.3 is 0 Å². The molecule has 1 aliphatic heterocycles. The summed E-state index contributed by atoms with van der Waals surface area (Å²) in [4.78, 5) is 21.7. The molecule has 13 heteroatoms. The minimum absolute atomic E-state index is 0.00920. The average Bonchev–Trinajstić information content (AvgIpc) is 3.45. The number of benzene rings is 2. The van der Waals surface area contributed by atoms with E-state index >= 15 is 0 Å². The molecule has 0 aliphatic carbocycles. The Balaban J connectivity index is 1.44. The second kappa shape index (κ2) is 13.0. The number of aryl methyl sites for hydroxylation is 2. The van der Waals surface area contributed by atoms with E-state index < -0.39 is 16.1 Å². The molecule has 0 saturated carbocycles. The molecule has 1 N–H and O–H groups in total. The molecule has 1 aliphatic rings. The van der Waals surface area contributed by atoms with E-state index in [1.807, 2.05) is 49.7 Å². The van der Waals surface area contributed by atoms with Gasteiger partial charge < -0.3 is 10.1 Å². The number of amides is 1. The summed E-state index contributed by atoms with van der Waals surface area (Å²) < 4.78 is 36.8. The Bertz CT molecular complexity index is 2070. The predicted molar refractivity (Wildman–Crippen MR) is 176 cm³/mol. The lowest BCUT2D eigenvalue weighted by molar-refractivity contribution is -0.111. The highest BCUT2D eigenvalue weighted by molar-refractivity contribution is 7.89. The molecule has 1 atom stereocenters. The first-order valence-electron chi connectivity index (χ1n) is 14.9. The molecular weight excluding hydrogens is 626 g/mol. The summed E-state index contributed by atoms with van der Waals surface area (Å²) in [6.45, 7) is 6.64. The van der Waals surface area contributed by atoms with Crippen LogP contribution in [0.4, 0.5) is 5.69 Å². The quantitative estimate of drug-likeness (QED) is 0.212. The van der Waals surface area contributed by atoms with Crippen molar-refractivity contribution in [3.05, 3.63) is 107 Å². The number of anilines is 1. The Morgan fingerprint density at radius 2 is 1.96 bits per heavy atom. The van der Waals surface area contributed by atoms with Crippen LogP contribution in [-0.2, 0) is 27.9 Å². The van der Waals surface area contributed by atoms with Gasteiger partial charge in [-0.05, 0) is 90.6 Å². The molecule has 0 bridgehead atoms. The number of sulfonamides is 1. The zero-order valence-electron chi connectivity index (χ0n) is 25.5. The maximum absolute atomic E-state index is 13.8. The van der Waals surface area contributed by atoms with Gasteiger partial charge in [0.05, 0.1) is 23.9 Å². The summed E-state index contributed by atoms with van der Waals surface area (Å²) in [7, 11) is -3.96. The Kier molecular flexibility index (Phi) is 8.85. The number of aromatic nitrogens is 5. The number of hydrogen-bond donors (Lipinski definition) is 1. The topological polar surface area (TPSA) is 132 Å². The predicted octanol–water partition coefficient (Wildman–Crippen LogP) is 5.64. The zero-order valence-corrected chi connectivity index (χ0v) is 27.1. The van der Waals surface area contributed by atoms with E-state index in [1.54, 1.807) is 36.7 Å². The van der Waals surface area contributed by atoms with Crippen molar-refractivity contribution in [2.45, 2.75) is 51.3 Å². The fraction of sp³-hybridized carbons (Fsp3) is 0.242. The summed E-state index contributed by atoms with van der Waals surface area (Å²) in [6.07, 6.45) is 6.41. The first kappa shape index (κ1) is 31.3. The molecule has 4 heterocycles. The van der Waals surface area contributed by atoms with Gasteiger partial charge in [-0.15, -0.1) is 5.10 Å². The maximum atomic E-state index is 13.8. The molecule has 6 rings (SSSR count). The number of halogens is 1. The number of nitrogens with one attached hydrogen (secondary N) is 1. The van der Waals surface area contributed by atoms with Crippen molar-refractivity contribution in [3.63, 3.8) is 0 Å². The van der Waals surface area contributed by atoms with Crippen LogP contribution in [0.15, 0.2) is 84.2 Å². The van der Waals surface area contributed by atoms with Gasteiger partial charge in [0.2, 0.25) is 21.8 Å². The fourth-order valence-corrected chi connectivity index (χ4v) is 7.19. The van der Waals surface area contributed by atoms with Crippen LogP contribution in [0.2, 0.25) is 5.02 Å². The van der Waals surface area contributed by atoms with Crippen LogP contribution in [-0.4, -0.2) is 56.2 Å². The monoisotopic (exact) mass is 657 g/mol. The van der Waals surface area contributed by atoms with Crippen LogP contribution in [0.5, 0.6) is 5.88 Å². The van der Waals surface area contributed by atoms with Crippen molar-refractivity contribution in [2.75, 3.05) is 11.9 Å². The van der Waals surface area contributed by atoms with Crippen LogP contribution in [0.1, 0.15) is 42.5 Å². The lowest BCUT2D eigenvalue weighted by Gasteiger charge is -2.23. The van der Waals surface area contributed by atoms with E-state index in [0.29, 0.717) is 40.4 Å². The number of pyridine rings is 2. The first-order chi connectivity index (χ1) is 22.2. The molecule has 0 unspecified atom stereocenters. The second-order valence-corrected chi connectivity index (χ2v) is 13.2. The Labute approximate surface area is 271 Å². The standard InChI is InChI=1S/C33H32ClN7O4S/c1-4-25-20-40(46(43,44)30-9-7-15-36-33(30)45-25)19-23-16-22(10-12-28(23)34)27(17-31(42)37-24-8-6-14-35-18-24)26-11-13-29-32(21(26)3)38-39-41(29)5-2/h6-18,25H,4-5,19-20H2,1-3H3,(H,37,42)/b27-17-/t25-/m1/s1. The normalized spacial score (nSPS) is 16.4. The first-order valence-corrected chi connectivity index (χ1v) is 16.7. The summed E-state index contributed by atoms with van der Waals surface area (Å²) >= 11 is 6.72. The molecule has 0 saturated heterocycles. The SMILES string of the molecule is CC[C@@H]1CN(Cc2cc(/C(=C/C(=O)Nc3cccnc3)c3ccc4c(nnn4CC)c3C)ccc2Cl)S(=O)(=O)c2cccnc2O1. The summed E-state index contributed by atoms with van der Waals surface area (Å²) in [5.41, 5.74) is 5.61. The molecule has 3 aromatic heterocycles. The second-order valence-electron chi connectivity index (χ2n) is 10.9. The Morgan fingerprint density at radius 1 is 1.13 bits per heavy atom. The summed E-state index contributed by atoms with van der Waals surface area (Å²) in [5.74, 6) is -0.272. The number of carbonyl (C=O) groups excluding carboxylic acids is 1. The van der Waals surface area contributed by atoms with Gasteiger partial charge in [-0.25, -0.2) is 18.1 Å². The minimum Gasteiger partial charge on any atom is -0.472 e. The summed E-state index contributed by atoms with van der Waals surface area (Å²) in [5, 5.41) is 11.9. The van der Waals surface area contributed by atoms with Crippen molar-refractivity contribution >= 4 is 49.8 Å². The van der Waals surface area contributed by atoms with E-state index in [1.165, 1.54) is 22.6 Å². The number of nitrogens with zero attached hydrogens (tertiary/aromatic N) is 6. The maximum Gasteiger partial charge on any atom is 0.249 e. The van der Waals surface area contributed by atoms with Crippen molar-refractivity contribution < 1.29 is 17.9 Å². The molecular formula is C33H32ClN7O4S.